The molecule has 4 rings (SSSR count). The number of amides is 2. The molecule has 1 aromatic rings. The number of hydrogen-bond donors (Lipinski definition) is 3. The van der Waals surface area contributed by atoms with Gasteiger partial charge in [0.2, 0.25) is 12.3 Å². The van der Waals surface area contributed by atoms with Gasteiger partial charge in [0, 0.05) is 50.8 Å². The number of aliphatic hydroxyl groups is 1. The zero-order chi connectivity index (χ0) is 28.3. The number of carbonyl (C=O) groups excluding carboxylic acids is 6. The van der Waals surface area contributed by atoms with Crippen LogP contribution in [0.25, 0.3) is 0 Å². The molecule has 5 atom stereocenters. The van der Waals surface area contributed by atoms with Gasteiger partial charge in [0.15, 0.2) is 34.7 Å². The molecule has 0 radical (unpaired) electrons. The molecule has 0 bridgehead atoms. The van der Waals surface area contributed by atoms with Crippen LogP contribution >= 0.6 is 0 Å². The lowest BCUT2D eigenvalue weighted by Crippen LogP contribution is -2.68. The van der Waals surface area contributed by atoms with Crippen molar-refractivity contribution in [2.75, 3.05) is 25.5 Å². The van der Waals surface area contributed by atoms with Crippen molar-refractivity contribution in [3.05, 3.63) is 22.8 Å². The van der Waals surface area contributed by atoms with E-state index in [9.17, 15) is 39.0 Å². The summed E-state index contributed by atoms with van der Waals surface area (Å²) in [6.45, 7) is 4.33. The molecule has 2 fully saturated rings. The number of nitrogens with zero attached hydrogens (tertiary/aromatic N) is 2. The van der Waals surface area contributed by atoms with E-state index in [0.717, 1.165) is 0 Å². The van der Waals surface area contributed by atoms with Crippen LogP contribution in [0.15, 0.2) is 6.07 Å². The van der Waals surface area contributed by atoms with Crippen molar-refractivity contribution >= 4 is 41.1 Å². The predicted molar refractivity (Wildman–Crippen MR) is 134 cm³/mol. The fraction of sp³-hybridized carbons (Fsp3) is 0.556. The number of fused-ring (bicyclic) bond motifs is 3. The van der Waals surface area contributed by atoms with Gasteiger partial charge in [-0.2, -0.15) is 0 Å². The number of benzene rings is 1. The number of carbonyl (C=O) groups is 6. The van der Waals surface area contributed by atoms with Crippen LogP contribution in [0.1, 0.15) is 48.2 Å². The van der Waals surface area contributed by atoms with Gasteiger partial charge in [-0.1, -0.05) is 13.8 Å². The van der Waals surface area contributed by atoms with Crippen molar-refractivity contribution in [3.8, 4) is 5.75 Å². The number of hydrogen-bond acceptors (Lipinski definition) is 9. The maximum Gasteiger partial charge on any atom is 0.235 e. The molecule has 38 heavy (non-hydrogen) atoms. The third kappa shape index (κ3) is 4.09. The highest BCUT2D eigenvalue weighted by Gasteiger charge is 2.66. The summed E-state index contributed by atoms with van der Waals surface area (Å²) < 4.78 is 0. The van der Waals surface area contributed by atoms with Crippen LogP contribution in [0.3, 0.4) is 0 Å². The Morgan fingerprint density at radius 2 is 1.84 bits per heavy atom. The summed E-state index contributed by atoms with van der Waals surface area (Å²) in [5.41, 5.74) is 3.92. The third-order valence-corrected chi connectivity index (χ3v) is 8.06. The van der Waals surface area contributed by atoms with Crippen LogP contribution in [0.4, 0.5) is 5.69 Å². The Balaban J connectivity index is 1.81. The predicted octanol–water partition coefficient (Wildman–Crippen LogP) is 0.00730. The van der Waals surface area contributed by atoms with E-state index in [1.807, 2.05) is 13.8 Å². The summed E-state index contributed by atoms with van der Waals surface area (Å²) in [5, 5.41) is 22.6. The highest BCUT2D eigenvalue weighted by molar-refractivity contribution is 6.31. The first-order valence-electron chi connectivity index (χ1n) is 12.7. The quantitative estimate of drug-likeness (QED) is 0.326. The number of Topliss-reactive ketones (excluding diaryl/α,β-unsaturated/α-hetero) is 4. The van der Waals surface area contributed by atoms with Crippen LogP contribution in [0, 0.1) is 29.6 Å². The monoisotopic (exact) mass is 527 g/mol. The Kier molecular flexibility index (Phi) is 6.94. The van der Waals surface area contributed by atoms with Gasteiger partial charge < -0.3 is 25.7 Å². The fourth-order valence-electron chi connectivity index (χ4n) is 6.42. The van der Waals surface area contributed by atoms with Gasteiger partial charge in [0.05, 0.1) is 11.5 Å². The lowest BCUT2D eigenvalue weighted by molar-refractivity contribution is -0.175. The van der Waals surface area contributed by atoms with Gasteiger partial charge in [0.25, 0.3) is 0 Å². The average molecular weight is 528 g/mol. The van der Waals surface area contributed by atoms with Gasteiger partial charge in [-0.05, 0) is 36.3 Å². The fourth-order valence-corrected chi connectivity index (χ4v) is 6.42. The van der Waals surface area contributed by atoms with Gasteiger partial charge in [-0.3, -0.25) is 28.8 Å². The Bertz CT molecular complexity index is 1260. The minimum Gasteiger partial charge on any atom is -0.507 e. The van der Waals surface area contributed by atoms with Gasteiger partial charge in [-0.15, -0.1) is 0 Å². The molecule has 3 aliphatic rings. The molecule has 0 aliphatic heterocycles. The average Bonchev–Trinajstić information content (AvgIpc) is 2.81. The molecule has 2 unspecified atom stereocenters. The van der Waals surface area contributed by atoms with Crippen LogP contribution in [-0.2, 0) is 36.9 Å². The Labute approximate surface area is 219 Å². The molecule has 0 spiro atoms. The van der Waals surface area contributed by atoms with Crippen molar-refractivity contribution in [2.45, 2.75) is 45.3 Å². The second kappa shape index (κ2) is 9.61. The summed E-state index contributed by atoms with van der Waals surface area (Å²) in [4.78, 5) is 79.8. The normalized spacial score (nSPS) is 28.5. The van der Waals surface area contributed by atoms with E-state index >= 15 is 0 Å². The molecule has 11 heteroatoms. The van der Waals surface area contributed by atoms with Crippen LogP contribution < -0.4 is 10.6 Å². The lowest BCUT2D eigenvalue weighted by atomic mass is 9.53. The van der Waals surface area contributed by atoms with Crippen LogP contribution in [-0.4, -0.2) is 76.8 Å². The standard InChI is InChI=1S/C27H33N3O8/c1-12(2)9-30(11-31)10-14-7-17(29(3)4)16-6-13-5-15-8-18(32)21(26(28)37)25(36)27(15,38)24(35)19(13)23(34)20(16)22(14)33/h7,11-13,15,19,21,33,38H,5-6,8-10H2,1-4H3,(H2,28,37)/t13-,15+,19?,21?,27+/m1/s1. The molecule has 4 N–H and O–H groups in total. The largest absolute Gasteiger partial charge is 0.507 e. The van der Waals surface area contributed by atoms with Crippen molar-refractivity contribution in [1.82, 2.24) is 4.90 Å². The molecule has 3 aliphatic carbocycles. The minimum atomic E-state index is -2.69. The van der Waals surface area contributed by atoms with E-state index < -0.39 is 58.3 Å². The lowest BCUT2D eigenvalue weighted by Gasteiger charge is -2.48. The van der Waals surface area contributed by atoms with Crippen molar-refractivity contribution in [2.24, 2.45) is 35.3 Å². The summed E-state index contributed by atoms with van der Waals surface area (Å²) in [7, 11) is 3.54. The Hall–Kier alpha value is -3.60. The number of anilines is 1. The van der Waals surface area contributed by atoms with E-state index in [1.54, 1.807) is 25.1 Å². The zero-order valence-corrected chi connectivity index (χ0v) is 21.9. The number of phenolic OH excluding ortho intramolecular Hbond substituents is 1. The maximum absolute atomic E-state index is 13.9. The minimum absolute atomic E-state index is 0.0315. The van der Waals surface area contributed by atoms with Crippen LogP contribution in [0.5, 0.6) is 5.75 Å². The first-order valence-corrected chi connectivity index (χ1v) is 12.7. The number of nitrogens with two attached hydrogens (primary N) is 1. The molecular weight excluding hydrogens is 494 g/mol. The van der Waals surface area contributed by atoms with E-state index in [-0.39, 0.29) is 43.0 Å². The second-order valence-electron chi connectivity index (χ2n) is 11.3. The summed E-state index contributed by atoms with van der Waals surface area (Å²) in [5.74, 6) is -10.4. The van der Waals surface area contributed by atoms with Crippen molar-refractivity contribution in [3.63, 3.8) is 0 Å². The smallest absolute Gasteiger partial charge is 0.235 e. The summed E-state index contributed by atoms with van der Waals surface area (Å²) >= 11 is 0. The SMILES string of the molecule is CC(C)CN(C=O)Cc1cc(N(C)C)c2c(c1O)C(=O)C1C(=O)[C@]3(O)C(=O)C(C(N)=O)C(=O)C[C@@H]3C[C@@H]1C2. The first kappa shape index (κ1) is 27.4. The van der Waals surface area contributed by atoms with E-state index in [0.29, 0.717) is 29.8 Å². The molecular formula is C27H33N3O8. The maximum atomic E-state index is 13.9. The topological polar surface area (TPSA) is 175 Å². The number of ketones is 4. The molecule has 204 valence electrons. The zero-order valence-electron chi connectivity index (χ0n) is 21.9. The molecule has 2 amide bonds. The van der Waals surface area contributed by atoms with Gasteiger partial charge in [0.1, 0.15) is 5.75 Å². The van der Waals surface area contributed by atoms with E-state index in [4.69, 9.17) is 5.73 Å². The number of phenols is 1. The molecule has 1 aromatic carbocycles. The molecule has 2 saturated carbocycles. The highest BCUT2D eigenvalue weighted by atomic mass is 16.3. The molecule has 0 heterocycles. The molecule has 0 saturated heterocycles. The van der Waals surface area contributed by atoms with Crippen molar-refractivity contribution in [1.29, 1.82) is 0 Å². The molecule has 11 nitrogen and oxygen atoms in total. The Morgan fingerprint density at radius 3 is 2.39 bits per heavy atom. The van der Waals surface area contributed by atoms with E-state index in [1.165, 1.54) is 4.90 Å². The Morgan fingerprint density at radius 1 is 1.18 bits per heavy atom. The highest BCUT2D eigenvalue weighted by Crippen LogP contribution is 2.51. The summed E-state index contributed by atoms with van der Waals surface area (Å²) in [6.07, 6.45) is 0.506. The second-order valence-corrected chi connectivity index (χ2v) is 11.3. The van der Waals surface area contributed by atoms with Crippen molar-refractivity contribution < 1.29 is 39.0 Å². The number of primary amides is 1. The number of aromatic hydroxyl groups is 1. The van der Waals surface area contributed by atoms with Crippen LogP contribution in [0.2, 0.25) is 0 Å². The van der Waals surface area contributed by atoms with Gasteiger partial charge >= 0.3 is 0 Å². The molecule has 0 aromatic heterocycles. The summed E-state index contributed by atoms with van der Waals surface area (Å²) in [6, 6.07) is 1.71. The first-order chi connectivity index (χ1) is 17.7. The third-order valence-electron chi connectivity index (χ3n) is 8.06. The van der Waals surface area contributed by atoms with Gasteiger partial charge in [-0.25, -0.2) is 0 Å². The number of rotatable bonds is 7. The van der Waals surface area contributed by atoms with E-state index in [2.05, 4.69) is 0 Å².